The number of aliphatic hydroxyl groups is 2. The monoisotopic (exact) mass is 537 g/mol. The number of amides is 2. The van der Waals surface area contributed by atoms with Gasteiger partial charge < -0.3 is 10.2 Å². The second kappa shape index (κ2) is 10.0. The fraction of sp³-hybridized carbons (Fsp3) is 0.433. The topological polar surface area (TPSA) is 103 Å². The van der Waals surface area contributed by atoms with E-state index in [1.54, 1.807) is 43.5 Å². The van der Waals surface area contributed by atoms with E-state index >= 15 is 4.39 Å². The first-order valence-electron chi connectivity index (χ1n) is 13.2. The van der Waals surface area contributed by atoms with Crippen LogP contribution in [0.4, 0.5) is 8.78 Å². The summed E-state index contributed by atoms with van der Waals surface area (Å²) in [5.74, 6) is -2.73. The molecule has 0 spiro atoms. The molecule has 2 fully saturated rings. The molecule has 3 aromatic rings. The number of rotatable bonds is 5. The second-order valence-corrected chi connectivity index (χ2v) is 11.6. The van der Waals surface area contributed by atoms with Crippen molar-refractivity contribution in [1.82, 2.24) is 15.2 Å². The predicted octanol–water partition coefficient (Wildman–Crippen LogP) is 4.00. The zero-order valence-corrected chi connectivity index (χ0v) is 22.3. The molecule has 206 valence electrons. The average molecular weight is 538 g/mol. The minimum absolute atomic E-state index is 0.217. The van der Waals surface area contributed by atoms with Gasteiger partial charge in [-0.2, -0.15) is 0 Å². The third-order valence-electron chi connectivity index (χ3n) is 7.99. The molecule has 0 aliphatic carbocycles. The molecule has 3 heterocycles. The minimum Gasteiger partial charge on any atom is -0.388 e. The Kier molecular flexibility index (Phi) is 7.03. The van der Waals surface area contributed by atoms with Gasteiger partial charge in [0, 0.05) is 42.6 Å². The largest absolute Gasteiger partial charge is 0.388 e. The highest BCUT2D eigenvalue weighted by molar-refractivity contribution is 6.01. The first-order chi connectivity index (χ1) is 18.3. The zero-order valence-electron chi connectivity index (χ0n) is 22.3. The lowest BCUT2D eigenvalue weighted by Gasteiger charge is -2.43. The number of halogens is 2. The van der Waals surface area contributed by atoms with Gasteiger partial charge in [-0.15, -0.1) is 0 Å². The van der Waals surface area contributed by atoms with Crippen molar-refractivity contribution in [3.63, 3.8) is 0 Å². The molecule has 5 rings (SSSR count). The Morgan fingerprint density at radius 3 is 2.59 bits per heavy atom. The van der Waals surface area contributed by atoms with Gasteiger partial charge >= 0.3 is 0 Å². The van der Waals surface area contributed by atoms with Crippen molar-refractivity contribution in [2.75, 3.05) is 13.1 Å². The van der Waals surface area contributed by atoms with Crippen LogP contribution < -0.4 is 5.32 Å². The maximum atomic E-state index is 15.9. The lowest BCUT2D eigenvalue weighted by atomic mass is 9.77. The maximum Gasteiger partial charge on any atom is 0.234 e. The summed E-state index contributed by atoms with van der Waals surface area (Å²) in [6.07, 6.45) is 2.60. The zero-order chi connectivity index (χ0) is 28.1. The first-order valence-corrected chi connectivity index (χ1v) is 13.2. The number of fused-ring (bicyclic) bond motifs is 1. The number of β-amino-alcohol motifs (C(OH)–C–C–N with tert-alkyl or cyclic N) is 1. The van der Waals surface area contributed by atoms with Crippen LogP contribution in [0, 0.1) is 11.6 Å². The van der Waals surface area contributed by atoms with Crippen LogP contribution in [0.5, 0.6) is 0 Å². The fourth-order valence-electron chi connectivity index (χ4n) is 5.97. The van der Waals surface area contributed by atoms with Gasteiger partial charge in [0.15, 0.2) is 0 Å². The highest BCUT2D eigenvalue weighted by Gasteiger charge is 2.40. The Bertz CT molecular complexity index is 1450. The second-order valence-electron chi connectivity index (χ2n) is 11.6. The third-order valence-corrected chi connectivity index (χ3v) is 7.99. The maximum absolute atomic E-state index is 15.9. The Labute approximate surface area is 225 Å². The Morgan fingerprint density at radius 2 is 1.92 bits per heavy atom. The number of likely N-dealkylation sites (tertiary alicyclic amines) is 1. The number of carbonyl (C=O) groups is 2. The summed E-state index contributed by atoms with van der Waals surface area (Å²) in [6, 6.07) is 9.76. The smallest absolute Gasteiger partial charge is 0.234 e. The van der Waals surface area contributed by atoms with E-state index in [9.17, 15) is 24.2 Å². The standard InChI is InChI=1S/C30H33F2N3O4/c1-29(2,38)23-7-4-17(12-24(23)31)15-35-11-10-22(30(3,39)16-35)20-5-8-25-21(27(20)32)13-18(14-33-25)19-6-9-26(36)34-28(19)37/h4-5,7-8,12-14,19,22,38-39H,6,9-11,15-16H2,1-3H3,(H,34,36,37). The molecule has 2 aliphatic rings. The number of benzene rings is 2. The van der Waals surface area contributed by atoms with Crippen LogP contribution in [0.3, 0.4) is 0 Å². The molecule has 2 amide bonds. The quantitative estimate of drug-likeness (QED) is 0.425. The van der Waals surface area contributed by atoms with Gasteiger partial charge in [0.2, 0.25) is 11.8 Å². The molecular formula is C30H33F2N3O4. The van der Waals surface area contributed by atoms with Crippen molar-refractivity contribution in [3.05, 3.63) is 76.5 Å². The normalized spacial score (nSPS) is 24.7. The van der Waals surface area contributed by atoms with Gasteiger partial charge in [0.1, 0.15) is 11.6 Å². The van der Waals surface area contributed by atoms with Crippen LogP contribution in [0.15, 0.2) is 42.6 Å². The number of hydrogen-bond donors (Lipinski definition) is 3. The van der Waals surface area contributed by atoms with Crippen molar-refractivity contribution in [2.45, 2.75) is 69.6 Å². The Morgan fingerprint density at radius 1 is 1.15 bits per heavy atom. The molecule has 0 saturated carbocycles. The van der Waals surface area contributed by atoms with E-state index < -0.39 is 40.6 Å². The highest BCUT2D eigenvalue weighted by atomic mass is 19.1. The van der Waals surface area contributed by atoms with Crippen LogP contribution in [-0.2, 0) is 21.7 Å². The minimum atomic E-state index is -1.29. The van der Waals surface area contributed by atoms with Gasteiger partial charge in [-0.25, -0.2) is 8.78 Å². The lowest BCUT2D eigenvalue weighted by molar-refractivity contribution is -0.134. The first kappa shape index (κ1) is 27.3. The van der Waals surface area contributed by atoms with Crippen LogP contribution >= 0.6 is 0 Å². The van der Waals surface area contributed by atoms with E-state index in [2.05, 4.69) is 10.3 Å². The number of nitrogens with zero attached hydrogens (tertiary/aromatic N) is 2. The molecule has 39 heavy (non-hydrogen) atoms. The molecule has 0 bridgehead atoms. The van der Waals surface area contributed by atoms with Crippen molar-refractivity contribution < 1.29 is 28.6 Å². The number of carbonyl (C=O) groups excluding carboxylic acids is 2. The van der Waals surface area contributed by atoms with Gasteiger partial charge in [0.05, 0.1) is 22.6 Å². The molecular weight excluding hydrogens is 504 g/mol. The summed E-state index contributed by atoms with van der Waals surface area (Å²) in [5.41, 5.74) is -0.221. The van der Waals surface area contributed by atoms with Crippen molar-refractivity contribution in [1.29, 1.82) is 0 Å². The lowest BCUT2D eigenvalue weighted by Crippen LogP contribution is -2.50. The SMILES string of the molecule is CC(C)(O)c1ccc(CN2CCC(c3ccc4ncc(C5CCC(=O)NC5=O)cc4c3F)C(C)(O)C2)cc1F. The number of imide groups is 1. The van der Waals surface area contributed by atoms with Crippen LogP contribution in [0.25, 0.3) is 10.9 Å². The van der Waals surface area contributed by atoms with Crippen molar-refractivity contribution in [3.8, 4) is 0 Å². The van der Waals surface area contributed by atoms with Crippen molar-refractivity contribution in [2.24, 2.45) is 0 Å². The number of piperidine rings is 2. The predicted molar refractivity (Wildman–Crippen MR) is 142 cm³/mol. The molecule has 3 atom stereocenters. The molecule has 7 nitrogen and oxygen atoms in total. The summed E-state index contributed by atoms with van der Waals surface area (Å²) in [6.45, 7) is 5.99. The summed E-state index contributed by atoms with van der Waals surface area (Å²) in [5, 5.41) is 24.2. The van der Waals surface area contributed by atoms with Gasteiger partial charge in [-0.3, -0.25) is 24.8 Å². The molecule has 2 saturated heterocycles. The van der Waals surface area contributed by atoms with Gasteiger partial charge in [-0.05, 0) is 75.0 Å². The number of hydrogen-bond acceptors (Lipinski definition) is 6. The summed E-state index contributed by atoms with van der Waals surface area (Å²) >= 11 is 0. The summed E-state index contributed by atoms with van der Waals surface area (Å²) in [4.78, 5) is 30.2. The van der Waals surface area contributed by atoms with Crippen molar-refractivity contribution >= 4 is 22.7 Å². The molecule has 3 N–H and O–H groups in total. The molecule has 2 aromatic carbocycles. The highest BCUT2D eigenvalue weighted by Crippen LogP contribution is 2.40. The summed E-state index contributed by atoms with van der Waals surface area (Å²) in [7, 11) is 0. The van der Waals surface area contributed by atoms with Gasteiger partial charge in [-0.1, -0.05) is 18.2 Å². The van der Waals surface area contributed by atoms with E-state index in [4.69, 9.17) is 0 Å². The number of aromatic nitrogens is 1. The van der Waals surface area contributed by atoms with E-state index in [1.165, 1.54) is 19.9 Å². The molecule has 1 aromatic heterocycles. The van der Waals surface area contributed by atoms with Crippen LogP contribution in [0.2, 0.25) is 0 Å². The summed E-state index contributed by atoms with van der Waals surface area (Å²) < 4.78 is 30.5. The molecule has 9 heteroatoms. The van der Waals surface area contributed by atoms with E-state index in [-0.39, 0.29) is 29.8 Å². The average Bonchev–Trinajstić information content (AvgIpc) is 2.84. The molecule has 0 radical (unpaired) electrons. The molecule has 2 aliphatic heterocycles. The Hall–Kier alpha value is -3.27. The van der Waals surface area contributed by atoms with Crippen LogP contribution in [-0.4, -0.2) is 50.6 Å². The van der Waals surface area contributed by atoms with E-state index in [1.807, 2.05) is 4.90 Å². The fourth-order valence-corrected chi connectivity index (χ4v) is 5.97. The number of pyridine rings is 1. The third kappa shape index (κ3) is 5.44. The van der Waals surface area contributed by atoms with Crippen LogP contribution in [0.1, 0.15) is 74.1 Å². The Balaban J connectivity index is 1.36. The van der Waals surface area contributed by atoms with E-state index in [0.717, 1.165) is 5.56 Å². The van der Waals surface area contributed by atoms with E-state index in [0.29, 0.717) is 42.6 Å². The van der Waals surface area contributed by atoms with Gasteiger partial charge in [0.25, 0.3) is 0 Å². The number of nitrogens with one attached hydrogen (secondary N) is 1. The molecule has 3 unspecified atom stereocenters.